The van der Waals surface area contributed by atoms with Gasteiger partial charge in [-0.25, -0.2) is 8.42 Å². The Kier molecular flexibility index (Phi) is 8.72. The molecule has 1 heterocycles. The van der Waals surface area contributed by atoms with Crippen LogP contribution >= 0.6 is 11.6 Å². The molecule has 0 N–H and O–H groups in total. The molecule has 0 radical (unpaired) electrons. The van der Waals surface area contributed by atoms with Crippen molar-refractivity contribution in [3.8, 4) is 0 Å². The molecule has 33 heavy (non-hydrogen) atoms. The largest absolute Gasteiger partial charge is 0.467 e. The summed E-state index contributed by atoms with van der Waals surface area (Å²) in [6.45, 7) is 4.17. The highest BCUT2D eigenvalue weighted by Gasteiger charge is 2.32. The number of carbonyl (C=O) groups is 1. The number of hydrogen-bond donors (Lipinski definition) is 0. The highest BCUT2D eigenvalue weighted by atomic mass is 35.5. The van der Waals surface area contributed by atoms with E-state index in [1.54, 1.807) is 23.3 Å². The lowest BCUT2D eigenvalue weighted by Gasteiger charge is -2.30. The third-order valence-corrected chi connectivity index (χ3v) is 7.81. The van der Waals surface area contributed by atoms with Gasteiger partial charge in [0.2, 0.25) is 15.9 Å². The second kappa shape index (κ2) is 11.5. The number of nitrogens with zero attached hydrogens (tertiary/aromatic N) is 2. The zero-order chi connectivity index (χ0) is 23.8. The Morgan fingerprint density at radius 2 is 1.73 bits per heavy atom. The summed E-state index contributed by atoms with van der Waals surface area (Å²) in [5.74, 6) is 0.368. The Morgan fingerprint density at radius 1 is 1.03 bits per heavy atom. The van der Waals surface area contributed by atoms with Crippen molar-refractivity contribution in [2.75, 3.05) is 13.1 Å². The quantitative estimate of drug-likeness (QED) is 0.381. The molecule has 0 aliphatic heterocycles. The fourth-order valence-corrected chi connectivity index (χ4v) is 5.23. The molecule has 0 saturated heterocycles. The van der Waals surface area contributed by atoms with E-state index >= 15 is 0 Å². The zero-order valence-corrected chi connectivity index (χ0v) is 20.4. The summed E-state index contributed by atoms with van der Waals surface area (Å²) in [5, 5.41) is 0.450. The second-order valence-corrected chi connectivity index (χ2v) is 10.2. The van der Waals surface area contributed by atoms with E-state index in [1.165, 1.54) is 28.6 Å². The fourth-order valence-electron chi connectivity index (χ4n) is 3.45. The van der Waals surface area contributed by atoms with Crippen LogP contribution in [0, 0.1) is 0 Å². The summed E-state index contributed by atoms with van der Waals surface area (Å²) in [6, 6.07) is 19.1. The smallest absolute Gasteiger partial charge is 0.243 e. The van der Waals surface area contributed by atoms with Gasteiger partial charge < -0.3 is 9.32 Å². The predicted molar refractivity (Wildman–Crippen MR) is 129 cm³/mol. The van der Waals surface area contributed by atoms with Gasteiger partial charge in [0.15, 0.2) is 0 Å². The molecule has 6 nitrogen and oxygen atoms in total. The van der Waals surface area contributed by atoms with Gasteiger partial charge in [0, 0.05) is 17.6 Å². The Balaban J connectivity index is 1.83. The van der Waals surface area contributed by atoms with Gasteiger partial charge >= 0.3 is 0 Å². The molecule has 2 aromatic carbocycles. The first-order valence-corrected chi connectivity index (χ1v) is 12.7. The number of rotatable bonds is 11. The molecule has 0 aliphatic carbocycles. The van der Waals surface area contributed by atoms with Crippen LogP contribution in [0.5, 0.6) is 0 Å². The maximum Gasteiger partial charge on any atom is 0.243 e. The van der Waals surface area contributed by atoms with Crippen LogP contribution in [-0.2, 0) is 27.8 Å². The van der Waals surface area contributed by atoms with E-state index in [4.69, 9.17) is 16.0 Å². The van der Waals surface area contributed by atoms with Gasteiger partial charge in [0.25, 0.3) is 0 Å². The fraction of sp³-hybridized carbons (Fsp3) is 0.320. The predicted octanol–water partition coefficient (Wildman–Crippen LogP) is 4.99. The van der Waals surface area contributed by atoms with Crippen molar-refractivity contribution in [2.45, 2.75) is 44.2 Å². The lowest BCUT2D eigenvalue weighted by atomic mass is 10.1. The monoisotopic (exact) mass is 488 g/mol. The van der Waals surface area contributed by atoms with Crippen LogP contribution in [0.1, 0.15) is 31.6 Å². The third-order valence-electron chi connectivity index (χ3n) is 5.59. The molecule has 0 bridgehead atoms. The molecule has 0 saturated carbocycles. The molecule has 0 aliphatic rings. The maximum absolute atomic E-state index is 13.4. The Labute approximate surface area is 200 Å². The molecule has 0 spiro atoms. The van der Waals surface area contributed by atoms with E-state index in [1.807, 2.05) is 44.2 Å². The van der Waals surface area contributed by atoms with Crippen LogP contribution in [0.3, 0.4) is 0 Å². The Bertz CT molecular complexity index is 1120. The van der Waals surface area contributed by atoms with E-state index in [0.717, 1.165) is 5.56 Å². The van der Waals surface area contributed by atoms with E-state index in [-0.39, 0.29) is 29.9 Å². The molecule has 1 unspecified atom stereocenters. The van der Waals surface area contributed by atoms with E-state index in [9.17, 15) is 13.2 Å². The molecule has 176 valence electrons. The van der Waals surface area contributed by atoms with Gasteiger partial charge in [0.05, 0.1) is 24.2 Å². The van der Waals surface area contributed by atoms with E-state index in [0.29, 0.717) is 30.2 Å². The van der Waals surface area contributed by atoms with Gasteiger partial charge in [0.1, 0.15) is 5.76 Å². The van der Waals surface area contributed by atoms with E-state index in [2.05, 4.69) is 0 Å². The summed E-state index contributed by atoms with van der Waals surface area (Å²) < 4.78 is 33.5. The highest BCUT2D eigenvalue weighted by molar-refractivity contribution is 7.89. The van der Waals surface area contributed by atoms with Gasteiger partial charge in [-0.05, 0) is 61.7 Å². The summed E-state index contributed by atoms with van der Waals surface area (Å²) in [7, 11) is -3.88. The minimum absolute atomic E-state index is 0.113. The molecule has 8 heteroatoms. The topological polar surface area (TPSA) is 70.8 Å². The molecule has 1 amide bonds. The molecule has 1 aromatic heterocycles. The Morgan fingerprint density at radius 3 is 2.33 bits per heavy atom. The third kappa shape index (κ3) is 6.69. The number of halogens is 1. The SMILES string of the molecule is CCC(C)N(CC(=O)N(CCc1ccccc1)Cc1ccco1)S(=O)(=O)c1ccc(Cl)cc1. The molecule has 3 rings (SSSR count). The van der Waals surface area contributed by atoms with Gasteiger partial charge in [-0.2, -0.15) is 4.31 Å². The van der Waals surface area contributed by atoms with Crippen molar-refractivity contribution in [2.24, 2.45) is 0 Å². The first-order chi connectivity index (χ1) is 15.8. The molecule has 0 fully saturated rings. The number of furan rings is 1. The average Bonchev–Trinajstić information content (AvgIpc) is 3.33. The van der Waals surface area contributed by atoms with Crippen molar-refractivity contribution < 1.29 is 17.6 Å². The molecular weight excluding hydrogens is 460 g/mol. The number of amides is 1. The Hall–Kier alpha value is -2.61. The minimum atomic E-state index is -3.88. The van der Waals surface area contributed by atoms with Crippen LogP contribution in [0.2, 0.25) is 5.02 Å². The van der Waals surface area contributed by atoms with E-state index < -0.39 is 10.0 Å². The van der Waals surface area contributed by atoms with Gasteiger partial charge in [-0.3, -0.25) is 4.79 Å². The van der Waals surface area contributed by atoms with Crippen molar-refractivity contribution in [3.63, 3.8) is 0 Å². The second-order valence-electron chi connectivity index (χ2n) is 7.89. The van der Waals surface area contributed by atoms with Gasteiger partial charge in [-0.1, -0.05) is 48.9 Å². The molecular formula is C25H29ClN2O4S. The number of hydrogen-bond acceptors (Lipinski definition) is 4. The minimum Gasteiger partial charge on any atom is -0.467 e. The number of carbonyl (C=O) groups excluding carboxylic acids is 1. The summed E-state index contributed by atoms with van der Waals surface area (Å²) in [4.78, 5) is 15.2. The average molecular weight is 489 g/mol. The van der Waals surface area contributed by atoms with Crippen molar-refractivity contribution in [3.05, 3.63) is 89.3 Å². The van der Waals surface area contributed by atoms with Gasteiger partial charge in [-0.15, -0.1) is 0 Å². The standard InChI is InChI=1S/C25H29ClN2O4S/c1-3-20(2)28(33(30,31)24-13-11-22(26)12-14-24)19-25(29)27(18-23-10-7-17-32-23)16-15-21-8-5-4-6-9-21/h4-14,17,20H,3,15-16,18-19H2,1-2H3. The van der Waals surface area contributed by atoms with Crippen LogP contribution in [0.4, 0.5) is 0 Å². The summed E-state index contributed by atoms with van der Waals surface area (Å²) in [6.07, 6.45) is 2.79. The van der Waals surface area contributed by atoms with Crippen LogP contribution in [0.15, 0.2) is 82.3 Å². The summed E-state index contributed by atoms with van der Waals surface area (Å²) in [5.41, 5.74) is 1.10. The van der Waals surface area contributed by atoms with Crippen LogP contribution < -0.4 is 0 Å². The van der Waals surface area contributed by atoms with Crippen molar-refractivity contribution in [1.82, 2.24) is 9.21 Å². The molecule has 1 atom stereocenters. The molecule has 3 aromatic rings. The van der Waals surface area contributed by atoms with Crippen molar-refractivity contribution in [1.29, 1.82) is 0 Å². The van der Waals surface area contributed by atoms with Crippen molar-refractivity contribution >= 4 is 27.5 Å². The zero-order valence-electron chi connectivity index (χ0n) is 18.9. The highest BCUT2D eigenvalue weighted by Crippen LogP contribution is 2.22. The number of benzene rings is 2. The first-order valence-electron chi connectivity index (χ1n) is 10.9. The first kappa shape index (κ1) is 25.0. The normalized spacial score (nSPS) is 12.6. The summed E-state index contributed by atoms with van der Waals surface area (Å²) >= 11 is 5.93. The van der Waals surface area contributed by atoms with Crippen LogP contribution in [-0.4, -0.2) is 42.7 Å². The maximum atomic E-state index is 13.4. The lowest BCUT2D eigenvalue weighted by Crippen LogP contribution is -2.46. The lowest BCUT2D eigenvalue weighted by molar-refractivity contribution is -0.132. The number of sulfonamides is 1. The van der Waals surface area contributed by atoms with Crippen LogP contribution in [0.25, 0.3) is 0 Å².